The van der Waals surface area contributed by atoms with Gasteiger partial charge in [0.2, 0.25) is 5.91 Å². The van der Waals surface area contributed by atoms with Gasteiger partial charge in [0.1, 0.15) is 0 Å². The summed E-state index contributed by atoms with van der Waals surface area (Å²) in [5.74, 6) is -0.134. The number of hydrogen-bond acceptors (Lipinski definition) is 2. The lowest BCUT2D eigenvalue weighted by Gasteiger charge is -2.05. The quantitative estimate of drug-likeness (QED) is 0.286. The molecule has 0 aliphatic carbocycles. The van der Waals surface area contributed by atoms with E-state index in [0.717, 1.165) is 39.3 Å². The Kier molecular flexibility index (Phi) is 5.50. The van der Waals surface area contributed by atoms with Crippen molar-refractivity contribution in [3.8, 4) is 0 Å². The van der Waals surface area contributed by atoms with E-state index < -0.39 is 0 Å². The Morgan fingerprint density at radius 2 is 1.53 bits per heavy atom. The van der Waals surface area contributed by atoms with Gasteiger partial charge in [0.15, 0.2) is 0 Å². The number of aromatic nitrogens is 1. The zero-order valence-electron chi connectivity index (χ0n) is 17.6. The topological polar surface area (TPSA) is 46.4 Å². The summed E-state index contributed by atoms with van der Waals surface area (Å²) in [4.78, 5) is 12.5. The Balaban J connectivity index is 1.33. The normalized spacial score (nSPS) is 11.4. The molecule has 5 rings (SSSR count). The standard InChI is InChI=1S/C28H23N3O/c32-28(17-23-13-8-12-22-11-4-5-14-25(22)23)30-29-18-24-20-31(19-21-9-2-1-3-10-21)27-16-7-6-15-26(24)27/h1-16,18,20H,17,19H2,(H,30,32)/b29-18-. The average molecular weight is 418 g/mol. The fourth-order valence-corrected chi connectivity index (χ4v) is 4.12. The van der Waals surface area contributed by atoms with E-state index in [1.165, 1.54) is 5.56 Å². The van der Waals surface area contributed by atoms with Crippen LogP contribution >= 0.6 is 0 Å². The lowest BCUT2D eigenvalue weighted by Crippen LogP contribution is -2.19. The minimum Gasteiger partial charge on any atom is -0.342 e. The summed E-state index contributed by atoms with van der Waals surface area (Å²) >= 11 is 0. The third-order valence-corrected chi connectivity index (χ3v) is 5.64. The highest BCUT2D eigenvalue weighted by atomic mass is 16.2. The first-order chi connectivity index (χ1) is 15.8. The third kappa shape index (κ3) is 4.16. The molecule has 5 aromatic rings. The van der Waals surface area contributed by atoms with Crippen LogP contribution in [0.2, 0.25) is 0 Å². The number of hydrazone groups is 1. The van der Waals surface area contributed by atoms with Gasteiger partial charge in [0, 0.05) is 29.2 Å². The van der Waals surface area contributed by atoms with Crippen molar-refractivity contribution < 1.29 is 4.79 Å². The van der Waals surface area contributed by atoms with Crippen LogP contribution in [0.5, 0.6) is 0 Å². The molecule has 0 saturated heterocycles. The number of benzene rings is 4. The van der Waals surface area contributed by atoms with Gasteiger partial charge in [-0.05, 0) is 28.0 Å². The number of carbonyl (C=O) groups is 1. The summed E-state index contributed by atoms with van der Waals surface area (Å²) in [5, 5.41) is 7.58. The number of hydrogen-bond donors (Lipinski definition) is 1. The molecule has 156 valence electrons. The minimum atomic E-state index is -0.134. The second-order valence-corrected chi connectivity index (χ2v) is 7.82. The number of carbonyl (C=O) groups excluding carboxylic acids is 1. The van der Waals surface area contributed by atoms with Crippen molar-refractivity contribution in [3.05, 3.63) is 120 Å². The third-order valence-electron chi connectivity index (χ3n) is 5.64. The lowest BCUT2D eigenvalue weighted by atomic mass is 10.0. The van der Waals surface area contributed by atoms with Crippen molar-refractivity contribution in [2.75, 3.05) is 0 Å². The number of rotatable bonds is 6. The predicted molar refractivity (Wildman–Crippen MR) is 131 cm³/mol. The fraction of sp³-hybridized carbons (Fsp3) is 0.0714. The monoisotopic (exact) mass is 417 g/mol. The van der Waals surface area contributed by atoms with Gasteiger partial charge in [-0.2, -0.15) is 5.10 Å². The molecule has 4 aromatic carbocycles. The molecule has 0 spiro atoms. The molecule has 4 heteroatoms. The van der Waals surface area contributed by atoms with Crippen molar-refractivity contribution in [2.24, 2.45) is 5.10 Å². The van der Waals surface area contributed by atoms with Crippen LogP contribution in [0.3, 0.4) is 0 Å². The van der Waals surface area contributed by atoms with E-state index in [1.807, 2.05) is 48.5 Å². The molecule has 0 saturated carbocycles. The first-order valence-electron chi connectivity index (χ1n) is 10.7. The number of nitrogens with zero attached hydrogens (tertiary/aromatic N) is 2. The first kappa shape index (κ1) is 19.8. The molecular formula is C28H23N3O. The van der Waals surface area contributed by atoms with E-state index in [4.69, 9.17) is 0 Å². The van der Waals surface area contributed by atoms with E-state index in [-0.39, 0.29) is 12.3 Å². The van der Waals surface area contributed by atoms with Crippen molar-refractivity contribution in [3.63, 3.8) is 0 Å². The summed E-state index contributed by atoms with van der Waals surface area (Å²) in [7, 11) is 0. The van der Waals surface area contributed by atoms with Gasteiger partial charge in [0.25, 0.3) is 0 Å². The van der Waals surface area contributed by atoms with E-state index in [9.17, 15) is 4.79 Å². The van der Waals surface area contributed by atoms with Gasteiger partial charge in [0.05, 0.1) is 12.6 Å². The van der Waals surface area contributed by atoms with Crippen molar-refractivity contribution in [1.29, 1.82) is 0 Å². The van der Waals surface area contributed by atoms with Gasteiger partial charge >= 0.3 is 0 Å². The highest BCUT2D eigenvalue weighted by Gasteiger charge is 2.08. The molecular weight excluding hydrogens is 394 g/mol. The molecule has 0 radical (unpaired) electrons. The maximum atomic E-state index is 12.5. The van der Waals surface area contributed by atoms with Gasteiger partial charge < -0.3 is 4.57 Å². The van der Waals surface area contributed by atoms with Crippen molar-refractivity contribution >= 4 is 33.8 Å². The highest BCUT2D eigenvalue weighted by molar-refractivity contribution is 6.00. The Morgan fingerprint density at radius 3 is 2.41 bits per heavy atom. The number of nitrogens with one attached hydrogen (secondary N) is 1. The zero-order chi connectivity index (χ0) is 21.8. The molecule has 1 amide bonds. The van der Waals surface area contributed by atoms with E-state index in [2.05, 4.69) is 69.8 Å². The maximum absolute atomic E-state index is 12.5. The highest BCUT2D eigenvalue weighted by Crippen LogP contribution is 2.21. The molecule has 0 aliphatic rings. The molecule has 1 N–H and O–H groups in total. The summed E-state index contributed by atoms with van der Waals surface area (Å²) < 4.78 is 2.21. The molecule has 0 bridgehead atoms. The van der Waals surface area contributed by atoms with E-state index in [1.54, 1.807) is 6.21 Å². The van der Waals surface area contributed by atoms with Crippen molar-refractivity contribution in [1.82, 2.24) is 9.99 Å². The van der Waals surface area contributed by atoms with E-state index >= 15 is 0 Å². The van der Waals surface area contributed by atoms with Crippen LogP contribution in [-0.2, 0) is 17.8 Å². The predicted octanol–water partition coefficient (Wildman–Crippen LogP) is 5.54. The molecule has 0 fully saturated rings. The second-order valence-electron chi connectivity index (χ2n) is 7.82. The smallest absolute Gasteiger partial charge is 0.244 e. The Labute approximate surface area is 186 Å². The minimum absolute atomic E-state index is 0.134. The van der Waals surface area contributed by atoms with Gasteiger partial charge in [-0.25, -0.2) is 5.43 Å². The van der Waals surface area contributed by atoms with Crippen LogP contribution in [0.15, 0.2) is 108 Å². The summed E-state index contributed by atoms with van der Waals surface area (Å²) in [6, 6.07) is 32.7. The summed E-state index contributed by atoms with van der Waals surface area (Å²) in [5.41, 5.74) is 7.03. The fourth-order valence-electron chi connectivity index (χ4n) is 4.12. The number of amides is 1. The van der Waals surface area contributed by atoms with Crippen LogP contribution in [0, 0.1) is 0 Å². The zero-order valence-corrected chi connectivity index (χ0v) is 17.6. The summed E-state index contributed by atoms with van der Waals surface area (Å²) in [6.07, 6.45) is 4.09. The number of fused-ring (bicyclic) bond motifs is 2. The van der Waals surface area contributed by atoms with Crippen LogP contribution in [-0.4, -0.2) is 16.7 Å². The van der Waals surface area contributed by atoms with Gasteiger partial charge in [-0.3, -0.25) is 4.79 Å². The van der Waals surface area contributed by atoms with Gasteiger partial charge in [-0.15, -0.1) is 0 Å². The first-order valence-corrected chi connectivity index (χ1v) is 10.7. The molecule has 0 unspecified atom stereocenters. The van der Waals surface area contributed by atoms with Crippen molar-refractivity contribution in [2.45, 2.75) is 13.0 Å². The Morgan fingerprint density at radius 1 is 0.812 bits per heavy atom. The molecule has 32 heavy (non-hydrogen) atoms. The molecule has 4 nitrogen and oxygen atoms in total. The van der Waals surface area contributed by atoms with Gasteiger partial charge in [-0.1, -0.05) is 91.0 Å². The largest absolute Gasteiger partial charge is 0.342 e. The number of para-hydroxylation sites is 1. The Bertz CT molecular complexity index is 1410. The molecule has 1 aromatic heterocycles. The molecule has 1 heterocycles. The van der Waals surface area contributed by atoms with Crippen LogP contribution in [0.1, 0.15) is 16.7 Å². The van der Waals surface area contributed by atoms with Crippen LogP contribution in [0.25, 0.3) is 21.7 Å². The summed E-state index contributed by atoms with van der Waals surface area (Å²) in [6.45, 7) is 0.780. The Hall–Kier alpha value is -4.18. The second kappa shape index (κ2) is 8.90. The average Bonchev–Trinajstić information content (AvgIpc) is 3.17. The molecule has 0 atom stereocenters. The SMILES string of the molecule is O=C(Cc1cccc2ccccc12)N/N=C\c1cn(Cc2ccccc2)c2ccccc12. The molecule has 0 aliphatic heterocycles. The lowest BCUT2D eigenvalue weighted by molar-refractivity contribution is -0.120. The van der Waals surface area contributed by atoms with E-state index in [0.29, 0.717) is 0 Å². The van der Waals surface area contributed by atoms with Crippen LogP contribution in [0.4, 0.5) is 0 Å². The maximum Gasteiger partial charge on any atom is 0.244 e. The van der Waals surface area contributed by atoms with Crippen LogP contribution < -0.4 is 5.43 Å².